The van der Waals surface area contributed by atoms with Gasteiger partial charge in [0.25, 0.3) is 0 Å². The van der Waals surface area contributed by atoms with E-state index >= 15 is 0 Å². The van der Waals surface area contributed by atoms with Gasteiger partial charge in [0.1, 0.15) is 12.4 Å². The molecule has 25 heavy (non-hydrogen) atoms. The van der Waals surface area contributed by atoms with Crippen LogP contribution in [0.25, 0.3) is 0 Å². The van der Waals surface area contributed by atoms with Crippen molar-refractivity contribution in [2.75, 3.05) is 16.8 Å². The molecule has 1 aliphatic heterocycles. The zero-order chi connectivity index (χ0) is 18.4. The molecule has 0 aromatic heterocycles. The van der Waals surface area contributed by atoms with Gasteiger partial charge in [0.05, 0.1) is 10.4 Å². The summed E-state index contributed by atoms with van der Waals surface area (Å²) in [4.78, 5) is 26.5. The van der Waals surface area contributed by atoms with Crippen molar-refractivity contribution in [1.29, 1.82) is 0 Å². The number of hydrogen-bond acceptors (Lipinski definition) is 2. The molecular weight excluding hydrogens is 366 g/mol. The van der Waals surface area contributed by atoms with E-state index in [1.807, 2.05) is 0 Å². The number of rotatable bonds is 3. The first kappa shape index (κ1) is 17.7. The van der Waals surface area contributed by atoms with Gasteiger partial charge in [-0.05, 0) is 55.8 Å². The number of carbonyl (C=O) groups is 2. The van der Waals surface area contributed by atoms with Gasteiger partial charge in [-0.15, -0.1) is 0 Å². The molecule has 130 valence electrons. The summed E-state index contributed by atoms with van der Waals surface area (Å²) in [6.45, 7) is 3.43. The second-order valence-electron chi connectivity index (χ2n) is 6.35. The number of halogens is 3. The number of nitrogens with zero attached hydrogens (tertiary/aromatic N) is 1. The molecule has 7 heteroatoms. The molecule has 0 fully saturated rings. The molecule has 0 spiro atoms. The third-order valence-corrected chi connectivity index (χ3v) is 4.73. The van der Waals surface area contributed by atoms with Crippen LogP contribution in [0.2, 0.25) is 10.0 Å². The van der Waals surface area contributed by atoms with Crippen molar-refractivity contribution in [3.8, 4) is 0 Å². The second kappa shape index (κ2) is 6.32. The molecule has 1 N–H and O–H groups in total. The van der Waals surface area contributed by atoms with E-state index < -0.39 is 17.1 Å². The maximum atomic E-state index is 13.2. The van der Waals surface area contributed by atoms with Gasteiger partial charge in [-0.1, -0.05) is 23.2 Å². The highest BCUT2D eigenvalue weighted by atomic mass is 35.5. The Hall–Kier alpha value is -2.11. The average molecular weight is 381 g/mol. The van der Waals surface area contributed by atoms with Crippen molar-refractivity contribution in [2.24, 2.45) is 0 Å². The van der Waals surface area contributed by atoms with E-state index in [2.05, 4.69) is 5.32 Å². The summed E-state index contributed by atoms with van der Waals surface area (Å²) in [6, 6.07) is 9.04. The summed E-state index contributed by atoms with van der Waals surface area (Å²) >= 11 is 11.7. The van der Waals surface area contributed by atoms with Crippen LogP contribution in [-0.2, 0) is 15.0 Å². The molecule has 2 amide bonds. The number of carbonyl (C=O) groups excluding carboxylic acids is 2. The lowest BCUT2D eigenvalue weighted by Crippen LogP contribution is -2.40. The molecule has 0 unspecified atom stereocenters. The smallest absolute Gasteiger partial charge is 0.244 e. The van der Waals surface area contributed by atoms with Gasteiger partial charge in [-0.25, -0.2) is 4.39 Å². The van der Waals surface area contributed by atoms with Crippen molar-refractivity contribution in [3.05, 3.63) is 57.8 Å². The second-order valence-corrected chi connectivity index (χ2v) is 7.20. The third kappa shape index (κ3) is 3.22. The normalized spacial score (nSPS) is 15.2. The van der Waals surface area contributed by atoms with E-state index in [-0.39, 0.29) is 17.5 Å². The fraction of sp³-hybridized carbons (Fsp3) is 0.222. The Morgan fingerprint density at radius 3 is 2.60 bits per heavy atom. The summed E-state index contributed by atoms with van der Waals surface area (Å²) in [6.07, 6.45) is 0. The Morgan fingerprint density at radius 2 is 1.92 bits per heavy atom. The molecule has 4 nitrogen and oxygen atoms in total. The minimum Gasteiger partial charge on any atom is -0.324 e. The Balaban J connectivity index is 1.82. The quantitative estimate of drug-likeness (QED) is 0.857. The molecule has 2 aromatic rings. The van der Waals surface area contributed by atoms with Crippen molar-refractivity contribution in [2.45, 2.75) is 19.3 Å². The highest BCUT2D eigenvalue weighted by Crippen LogP contribution is 2.42. The lowest BCUT2D eigenvalue weighted by molar-refractivity contribution is -0.124. The molecule has 2 aromatic carbocycles. The molecule has 0 saturated carbocycles. The highest BCUT2D eigenvalue weighted by Gasteiger charge is 2.44. The van der Waals surface area contributed by atoms with Crippen molar-refractivity contribution >= 4 is 46.4 Å². The Bertz CT molecular complexity index is 883. The van der Waals surface area contributed by atoms with Crippen LogP contribution >= 0.6 is 23.2 Å². The molecule has 1 heterocycles. The molecule has 3 rings (SSSR count). The first-order chi connectivity index (χ1) is 11.7. The lowest BCUT2D eigenvalue weighted by atomic mass is 9.86. The van der Waals surface area contributed by atoms with Gasteiger partial charge >= 0.3 is 0 Å². The Kier molecular flexibility index (Phi) is 4.47. The Morgan fingerprint density at radius 1 is 1.20 bits per heavy atom. The maximum Gasteiger partial charge on any atom is 0.244 e. The zero-order valence-electron chi connectivity index (χ0n) is 13.6. The predicted molar refractivity (Wildman–Crippen MR) is 96.9 cm³/mol. The van der Waals surface area contributed by atoms with E-state index in [9.17, 15) is 14.0 Å². The predicted octanol–water partition coefficient (Wildman–Crippen LogP) is 4.40. The number of nitrogens with one attached hydrogen (secondary N) is 1. The number of anilines is 2. The first-order valence-corrected chi connectivity index (χ1v) is 8.32. The third-order valence-electron chi connectivity index (χ3n) is 4.21. The molecule has 0 atom stereocenters. The van der Waals surface area contributed by atoms with Crippen molar-refractivity contribution < 1.29 is 14.0 Å². The number of benzene rings is 2. The van der Waals surface area contributed by atoms with Gasteiger partial charge in [0.2, 0.25) is 11.8 Å². The maximum absolute atomic E-state index is 13.2. The number of hydrogen-bond donors (Lipinski definition) is 1. The summed E-state index contributed by atoms with van der Waals surface area (Å²) in [7, 11) is 0. The van der Waals surface area contributed by atoms with Crippen molar-refractivity contribution in [1.82, 2.24) is 0 Å². The SMILES string of the molecule is CC1(C)C(=O)N(CC(=O)Nc2ccc(F)c(Cl)c2)c2ccc(Cl)cc21. The van der Waals surface area contributed by atoms with Crippen LogP contribution in [-0.4, -0.2) is 18.4 Å². The van der Waals surface area contributed by atoms with Gasteiger partial charge in [0, 0.05) is 16.4 Å². The molecule has 1 aliphatic rings. The zero-order valence-corrected chi connectivity index (χ0v) is 15.1. The van der Waals surface area contributed by atoms with Crippen LogP contribution in [0.1, 0.15) is 19.4 Å². The molecule has 0 bridgehead atoms. The van der Waals surface area contributed by atoms with Gasteiger partial charge in [-0.3, -0.25) is 9.59 Å². The minimum absolute atomic E-state index is 0.0869. The molecule has 0 aliphatic carbocycles. The van der Waals surface area contributed by atoms with Crippen molar-refractivity contribution in [3.63, 3.8) is 0 Å². The van der Waals surface area contributed by atoms with E-state index in [1.54, 1.807) is 32.0 Å². The summed E-state index contributed by atoms with van der Waals surface area (Å²) in [5.41, 5.74) is 1.03. The van der Waals surface area contributed by atoms with Crippen LogP contribution in [0.4, 0.5) is 15.8 Å². The van der Waals surface area contributed by atoms with Crippen LogP contribution < -0.4 is 10.2 Å². The molecule has 0 radical (unpaired) electrons. The van der Waals surface area contributed by atoms with Crippen LogP contribution in [0, 0.1) is 5.82 Å². The highest BCUT2D eigenvalue weighted by molar-refractivity contribution is 6.31. The van der Waals surface area contributed by atoms with Crippen LogP contribution in [0.15, 0.2) is 36.4 Å². The average Bonchev–Trinajstić information content (AvgIpc) is 2.72. The number of amides is 2. The van der Waals surface area contributed by atoms with E-state index in [0.29, 0.717) is 16.4 Å². The Labute approximate surface area is 154 Å². The first-order valence-electron chi connectivity index (χ1n) is 7.57. The molecule has 0 saturated heterocycles. The fourth-order valence-electron chi connectivity index (χ4n) is 2.88. The summed E-state index contributed by atoms with van der Waals surface area (Å²) in [5.74, 6) is -1.16. The lowest BCUT2D eigenvalue weighted by Gasteiger charge is -2.20. The van der Waals surface area contributed by atoms with Gasteiger partial charge < -0.3 is 10.2 Å². The van der Waals surface area contributed by atoms with E-state index in [0.717, 1.165) is 5.56 Å². The number of fused-ring (bicyclic) bond motifs is 1. The summed E-state index contributed by atoms with van der Waals surface area (Å²) < 4.78 is 13.2. The summed E-state index contributed by atoms with van der Waals surface area (Å²) in [5, 5.41) is 3.06. The topological polar surface area (TPSA) is 49.4 Å². The van der Waals surface area contributed by atoms with Gasteiger partial charge in [-0.2, -0.15) is 0 Å². The van der Waals surface area contributed by atoms with Crippen LogP contribution in [0.5, 0.6) is 0 Å². The van der Waals surface area contributed by atoms with Gasteiger partial charge in [0.15, 0.2) is 0 Å². The van der Waals surface area contributed by atoms with Crippen LogP contribution in [0.3, 0.4) is 0 Å². The standard InChI is InChI=1S/C18H15Cl2FN2O2/c1-18(2)12-7-10(19)3-6-15(12)23(17(18)25)9-16(24)22-11-4-5-14(21)13(20)8-11/h3-8H,9H2,1-2H3,(H,22,24). The van der Waals surface area contributed by atoms with E-state index in [1.165, 1.54) is 23.1 Å². The molecular formula is C18H15Cl2FN2O2. The largest absolute Gasteiger partial charge is 0.324 e. The fourth-order valence-corrected chi connectivity index (χ4v) is 3.23. The monoisotopic (exact) mass is 380 g/mol. The van der Waals surface area contributed by atoms with E-state index in [4.69, 9.17) is 23.2 Å². The minimum atomic E-state index is -0.764.